The van der Waals surface area contributed by atoms with E-state index in [1.165, 1.54) is 0 Å². The highest BCUT2D eigenvalue weighted by atomic mass is 16.5. The van der Waals surface area contributed by atoms with Crippen molar-refractivity contribution in [2.24, 2.45) is 0 Å². The molecule has 152 valence electrons. The van der Waals surface area contributed by atoms with Gasteiger partial charge in [0.1, 0.15) is 0 Å². The maximum Gasteiger partial charge on any atom is 0.339 e. The molecule has 0 aliphatic carbocycles. The number of carbonyl (C=O) groups excluding carboxylic acids is 3. The molecule has 1 aliphatic rings. The Kier molecular flexibility index (Phi) is 6.65. The summed E-state index contributed by atoms with van der Waals surface area (Å²) in [6.45, 7) is 5.49. The third-order valence-electron chi connectivity index (χ3n) is 5.09. The third-order valence-corrected chi connectivity index (χ3v) is 5.09. The Labute approximate surface area is 171 Å². The van der Waals surface area contributed by atoms with Crippen LogP contribution in [0.5, 0.6) is 0 Å². The molecule has 0 aromatic heterocycles. The summed E-state index contributed by atoms with van der Waals surface area (Å²) in [6, 6.07) is 15.8. The highest BCUT2D eigenvalue weighted by Gasteiger charge is 2.29. The molecule has 1 aliphatic heterocycles. The van der Waals surface area contributed by atoms with Gasteiger partial charge < -0.3 is 14.5 Å². The number of likely N-dealkylation sites (N-methyl/N-ethyl adjacent to an activating group) is 1. The smallest absolute Gasteiger partial charge is 0.339 e. The summed E-state index contributed by atoms with van der Waals surface area (Å²) in [4.78, 5) is 41.2. The first-order valence-electron chi connectivity index (χ1n) is 10.00. The largest absolute Gasteiger partial charge is 0.444 e. The molecule has 1 saturated heterocycles. The van der Waals surface area contributed by atoms with Crippen LogP contribution in [0.2, 0.25) is 0 Å². The lowest BCUT2D eigenvalue weighted by molar-refractivity contribution is -0.140. The van der Waals surface area contributed by atoms with Crippen LogP contribution in [-0.2, 0) is 14.3 Å². The van der Waals surface area contributed by atoms with E-state index in [1.807, 2.05) is 32.0 Å². The lowest BCUT2D eigenvalue weighted by Crippen LogP contribution is -2.36. The van der Waals surface area contributed by atoms with E-state index in [0.29, 0.717) is 42.9 Å². The second-order valence-corrected chi connectivity index (χ2v) is 6.91. The van der Waals surface area contributed by atoms with E-state index < -0.39 is 12.1 Å². The molecule has 0 unspecified atom stereocenters. The minimum Gasteiger partial charge on any atom is -0.444 e. The minimum absolute atomic E-state index is 0.0504. The number of benzene rings is 2. The van der Waals surface area contributed by atoms with Crippen molar-refractivity contribution in [3.05, 3.63) is 65.7 Å². The Hall–Kier alpha value is -3.15. The van der Waals surface area contributed by atoms with Gasteiger partial charge in [0.05, 0.1) is 5.56 Å². The summed E-state index contributed by atoms with van der Waals surface area (Å²) in [5.41, 5.74) is 1.62. The molecule has 2 amide bonds. The Morgan fingerprint density at radius 3 is 2.41 bits per heavy atom. The molecule has 0 spiro atoms. The summed E-state index contributed by atoms with van der Waals surface area (Å²) in [7, 11) is 0. The highest BCUT2D eigenvalue weighted by Crippen LogP contribution is 2.25. The second-order valence-electron chi connectivity index (χ2n) is 6.91. The Morgan fingerprint density at radius 1 is 1.07 bits per heavy atom. The van der Waals surface area contributed by atoms with Crippen molar-refractivity contribution in [3.63, 3.8) is 0 Å². The fourth-order valence-electron chi connectivity index (χ4n) is 3.49. The summed E-state index contributed by atoms with van der Waals surface area (Å²) in [6.07, 6.45) is 0.311. The normalized spacial score (nSPS) is 14.6. The van der Waals surface area contributed by atoms with E-state index in [1.54, 1.807) is 46.2 Å². The molecule has 1 heterocycles. The SMILES string of the molecule is CCN(CC)C(=O)[C@H](OC(=O)c1cccc(N2CCCC2=O)c1)c1ccccc1. The molecule has 2 aromatic rings. The van der Waals surface area contributed by atoms with Crippen LogP contribution in [0.15, 0.2) is 54.6 Å². The number of hydrogen-bond acceptors (Lipinski definition) is 4. The molecule has 2 aromatic carbocycles. The van der Waals surface area contributed by atoms with Crippen LogP contribution in [0.4, 0.5) is 5.69 Å². The van der Waals surface area contributed by atoms with Gasteiger partial charge >= 0.3 is 5.97 Å². The fraction of sp³-hybridized carbons (Fsp3) is 0.348. The quantitative estimate of drug-likeness (QED) is 0.673. The molecule has 0 radical (unpaired) electrons. The van der Waals surface area contributed by atoms with Gasteiger partial charge in [-0.15, -0.1) is 0 Å². The van der Waals surface area contributed by atoms with Crippen LogP contribution in [0.1, 0.15) is 48.7 Å². The number of rotatable bonds is 7. The van der Waals surface area contributed by atoms with E-state index in [4.69, 9.17) is 4.74 Å². The molecule has 1 atom stereocenters. The van der Waals surface area contributed by atoms with Crippen molar-refractivity contribution in [1.82, 2.24) is 4.90 Å². The molecule has 1 fully saturated rings. The fourth-order valence-corrected chi connectivity index (χ4v) is 3.49. The number of esters is 1. The maximum absolute atomic E-state index is 13.0. The molecule has 0 N–H and O–H groups in total. The summed E-state index contributed by atoms with van der Waals surface area (Å²) < 4.78 is 5.68. The van der Waals surface area contributed by atoms with Gasteiger partial charge in [-0.25, -0.2) is 4.79 Å². The first kappa shape index (κ1) is 20.6. The van der Waals surface area contributed by atoms with Gasteiger partial charge in [-0.1, -0.05) is 36.4 Å². The zero-order valence-corrected chi connectivity index (χ0v) is 16.8. The summed E-state index contributed by atoms with van der Waals surface area (Å²) >= 11 is 0. The second kappa shape index (κ2) is 9.37. The van der Waals surface area contributed by atoms with Crippen molar-refractivity contribution >= 4 is 23.5 Å². The first-order chi connectivity index (χ1) is 14.0. The minimum atomic E-state index is -1.01. The van der Waals surface area contributed by atoms with Crippen LogP contribution in [0, 0.1) is 0 Å². The molecule has 3 rings (SSSR count). The van der Waals surface area contributed by atoms with Crippen molar-refractivity contribution in [2.45, 2.75) is 32.8 Å². The third kappa shape index (κ3) is 4.65. The van der Waals surface area contributed by atoms with E-state index >= 15 is 0 Å². The number of hydrogen-bond donors (Lipinski definition) is 0. The van der Waals surface area contributed by atoms with Crippen molar-refractivity contribution in [2.75, 3.05) is 24.5 Å². The van der Waals surface area contributed by atoms with Gasteiger partial charge in [0.15, 0.2) is 0 Å². The number of amides is 2. The Bertz CT molecular complexity index is 877. The predicted molar refractivity (Wildman–Crippen MR) is 111 cm³/mol. The van der Waals surface area contributed by atoms with E-state index in [9.17, 15) is 14.4 Å². The van der Waals surface area contributed by atoms with Crippen molar-refractivity contribution in [1.29, 1.82) is 0 Å². The van der Waals surface area contributed by atoms with Crippen LogP contribution in [-0.4, -0.2) is 42.3 Å². The van der Waals surface area contributed by atoms with Gasteiger partial charge in [-0.3, -0.25) is 9.59 Å². The molecule has 29 heavy (non-hydrogen) atoms. The van der Waals surface area contributed by atoms with E-state index in [-0.39, 0.29) is 11.8 Å². The van der Waals surface area contributed by atoms with Gasteiger partial charge in [-0.2, -0.15) is 0 Å². The average Bonchev–Trinajstić information content (AvgIpc) is 3.19. The number of ether oxygens (including phenoxy) is 1. The lowest BCUT2D eigenvalue weighted by atomic mass is 10.1. The van der Waals surface area contributed by atoms with Crippen LogP contribution in [0.25, 0.3) is 0 Å². The highest BCUT2D eigenvalue weighted by molar-refractivity contribution is 5.98. The number of anilines is 1. The standard InChI is InChI=1S/C23H26N2O4/c1-3-24(4-2)22(27)21(17-10-6-5-7-11-17)29-23(28)18-12-8-13-19(16-18)25-15-9-14-20(25)26/h5-8,10-13,16,21H,3-4,9,14-15H2,1-2H3/t21-/m1/s1. The first-order valence-corrected chi connectivity index (χ1v) is 10.00. The average molecular weight is 394 g/mol. The van der Waals surface area contributed by atoms with Gasteiger partial charge in [0.2, 0.25) is 12.0 Å². The van der Waals surface area contributed by atoms with E-state index in [2.05, 4.69) is 0 Å². The molecule has 6 nitrogen and oxygen atoms in total. The van der Waals surface area contributed by atoms with Gasteiger partial charge in [0.25, 0.3) is 5.91 Å². The predicted octanol–water partition coefficient (Wildman–Crippen LogP) is 3.58. The Morgan fingerprint density at radius 2 is 1.79 bits per heavy atom. The molecule has 0 bridgehead atoms. The van der Waals surface area contributed by atoms with Crippen LogP contribution >= 0.6 is 0 Å². The Balaban J connectivity index is 1.85. The van der Waals surface area contributed by atoms with Crippen molar-refractivity contribution in [3.8, 4) is 0 Å². The monoisotopic (exact) mass is 394 g/mol. The van der Waals surface area contributed by atoms with E-state index in [0.717, 1.165) is 6.42 Å². The summed E-state index contributed by atoms with van der Waals surface area (Å²) in [5, 5.41) is 0. The lowest BCUT2D eigenvalue weighted by Gasteiger charge is -2.25. The molecular weight excluding hydrogens is 368 g/mol. The maximum atomic E-state index is 13.0. The molecule has 6 heteroatoms. The zero-order valence-electron chi connectivity index (χ0n) is 16.8. The van der Waals surface area contributed by atoms with Crippen LogP contribution < -0.4 is 4.90 Å². The van der Waals surface area contributed by atoms with Gasteiger partial charge in [-0.05, 0) is 38.5 Å². The number of carbonyl (C=O) groups is 3. The van der Waals surface area contributed by atoms with Crippen LogP contribution in [0.3, 0.4) is 0 Å². The zero-order chi connectivity index (χ0) is 20.8. The van der Waals surface area contributed by atoms with Crippen molar-refractivity contribution < 1.29 is 19.1 Å². The number of nitrogens with zero attached hydrogens (tertiary/aromatic N) is 2. The molecule has 0 saturated carbocycles. The topological polar surface area (TPSA) is 66.9 Å². The summed E-state index contributed by atoms with van der Waals surface area (Å²) in [5.74, 6) is -0.789. The van der Waals surface area contributed by atoms with Gasteiger partial charge in [0, 0.05) is 37.3 Å². The molecular formula is C23H26N2O4.